The van der Waals surface area contributed by atoms with Crippen molar-refractivity contribution in [3.05, 3.63) is 131 Å². The van der Waals surface area contributed by atoms with Crippen molar-refractivity contribution in [3.63, 3.8) is 0 Å². The van der Waals surface area contributed by atoms with Crippen LogP contribution in [0.5, 0.6) is 11.5 Å². The van der Waals surface area contributed by atoms with Gasteiger partial charge in [0.05, 0.1) is 5.69 Å². The summed E-state index contributed by atoms with van der Waals surface area (Å²) >= 11 is 0. The molecule has 0 atom stereocenters. The maximum Gasteiger partial charge on any atom is 2.00 e. The molecule has 0 aliphatic rings. The normalized spacial score (nSPS) is 11.8. The number of hydrogen-bond acceptors (Lipinski definition) is 3. The first kappa shape index (κ1) is 37.3. The molecule has 0 aliphatic heterocycles. The standard InChI is InChI=1S/C46H48N4O.Pt/c1-10-33-15-14-16-34(11-2)45(33)44-30(5)48-50(31(44)6)36-25-35(46(7,8)9)26-38(27-36)51-37-19-20-40-39-17-12-13-18-41(39)49(42(40)28-37)43-24-32(21-22-47-43)23-29(3)4;/h12-22,24-26,29H,10-11,23H2,1-9H3;/q-2;+2. The van der Waals surface area contributed by atoms with Gasteiger partial charge in [0.2, 0.25) is 0 Å². The van der Waals surface area contributed by atoms with Crippen LogP contribution >= 0.6 is 0 Å². The van der Waals surface area contributed by atoms with Crippen molar-refractivity contribution in [2.24, 2.45) is 5.92 Å². The van der Waals surface area contributed by atoms with Gasteiger partial charge >= 0.3 is 21.1 Å². The first-order chi connectivity index (χ1) is 24.5. The third-order valence-corrected chi connectivity index (χ3v) is 9.92. The number of nitrogens with zero attached hydrogens (tertiary/aromatic N) is 4. The van der Waals surface area contributed by atoms with Crippen molar-refractivity contribution in [3.8, 4) is 34.1 Å². The molecule has 0 aliphatic carbocycles. The van der Waals surface area contributed by atoms with E-state index in [1.54, 1.807) is 0 Å². The van der Waals surface area contributed by atoms with Gasteiger partial charge in [-0.1, -0.05) is 90.4 Å². The minimum Gasteiger partial charge on any atom is -0.509 e. The van der Waals surface area contributed by atoms with E-state index in [1.807, 2.05) is 16.9 Å². The minimum atomic E-state index is -0.127. The first-order valence-corrected chi connectivity index (χ1v) is 18.3. The van der Waals surface area contributed by atoms with E-state index in [0.717, 1.165) is 69.5 Å². The molecule has 0 spiro atoms. The summed E-state index contributed by atoms with van der Waals surface area (Å²) in [6.07, 6.45) is 4.84. The Morgan fingerprint density at radius 3 is 2.21 bits per heavy atom. The van der Waals surface area contributed by atoms with E-state index in [1.165, 1.54) is 27.8 Å². The van der Waals surface area contributed by atoms with Gasteiger partial charge in [-0.05, 0) is 96.0 Å². The minimum absolute atomic E-state index is 0. The molecule has 0 N–H and O–H groups in total. The molecule has 5 nitrogen and oxygen atoms in total. The molecule has 6 heteroatoms. The predicted octanol–water partition coefficient (Wildman–Crippen LogP) is 11.7. The Hall–Kier alpha value is -4.47. The average Bonchev–Trinajstić information content (AvgIpc) is 3.59. The molecule has 3 aromatic heterocycles. The van der Waals surface area contributed by atoms with Gasteiger partial charge in [0.25, 0.3) is 0 Å². The van der Waals surface area contributed by atoms with Crippen LogP contribution in [0.15, 0.2) is 85.1 Å². The number of rotatable bonds is 9. The monoisotopic (exact) mass is 867 g/mol. The number of hydrogen-bond donors (Lipinski definition) is 0. The van der Waals surface area contributed by atoms with Gasteiger partial charge in [0, 0.05) is 34.5 Å². The molecule has 0 saturated heterocycles. The van der Waals surface area contributed by atoms with Gasteiger partial charge < -0.3 is 9.30 Å². The van der Waals surface area contributed by atoms with Gasteiger partial charge in [-0.25, -0.2) is 4.98 Å². The Bertz CT molecular complexity index is 2370. The number of ether oxygens (including phenoxy) is 1. The fraction of sp³-hybridized carbons (Fsp3) is 0.304. The number of aryl methyl sites for hydroxylation is 3. The van der Waals surface area contributed by atoms with Gasteiger partial charge in [-0.15, -0.1) is 41.3 Å². The van der Waals surface area contributed by atoms with Crippen LogP contribution in [0, 0.1) is 31.9 Å². The SMILES string of the molecule is CCc1cccc(CC)c1-c1c(C)nn(-c2[c-]c(Oc3[c-]c4c(cc3)c3ccccc3n4-c3cc(CC(C)C)ccn3)cc(C(C)(C)C)c2)c1C.[Pt+2]. The predicted molar refractivity (Wildman–Crippen MR) is 211 cm³/mol. The summed E-state index contributed by atoms with van der Waals surface area (Å²) in [5, 5.41) is 7.39. The first-order valence-electron chi connectivity index (χ1n) is 18.3. The van der Waals surface area contributed by atoms with Gasteiger partial charge in [0.15, 0.2) is 0 Å². The summed E-state index contributed by atoms with van der Waals surface area (Å²) in [5.74, 6) is 2.69. The average molecular weight is 868 g/mol. The van der Waals surface area contributed by atoms with Crippen molar-refractivity contribution in [2.75, 3.05) is 0 Å². The Labute approximate surface area is 323 Å². The van der Waals surface area contributed by atoms with E-state index in [0.29, 0.717) is 17.4 Å². The Balaban J connectivity index is 0.00000464. The Morgan fingerprint density at radius 2 is 1.52 bits per heavy atom. The maximum absolute atomic E-state index is 6.70. The molecule has 3 heterocycles. The van der Waals surface area contributed by atoms with Crippen LogP contribution in [0.25, 0.3) is 44.4 Å². The van der Waals surface area contributed by atoms with Crippen molar-refractivity contribution in [2.45, 2.75) is 87.0 Å². The van der Waals surface area contributed by atoms with Crippen molar-refractivity contribution in [1.82, 2.24) is 19.3 Å². The van der Waals surface area contributed by atoms with Crippen LogP contribution in [0.3, 0.4) is 0 Å². The Kier molecular flexibility index (Phi) is 10.7. The smallest absolute Gasteiger partial charge is 0.509 e. The van der Waals surface area contributed by atoms with E-state index in [2.05, 4.69) is 152 Å². The van der Waals surface area contributed by atoms with E-state index in [4.69, 9.17) is 14.8 Å². The molecule has 7 aromatic rings. The van der Waals surface area contributed by atoms with E-state index < -0.39 is 0 Å². The van der Waals surface area contributed by atoms with Crippen molar-refractivity contribution >= 4 is 21.8 Å². The van der Waals surface area contributed by atoms with E-state index in [-0.39, 0.29) is 26.5 Å². The van der Waals surface area contributed by atoms with Crippen LogP contribution in [0.4, 0.5) is 0 Å². The van der Waals surface area contributed by atoms with Crippen LogP contribution in [0.2, 0.25) is 0 Å². The van der Waals surface area contributed by atoms with Crippen LogP contribution in [-0.2, 0) is 45.7 Å². The van der Waals surface area contributed by atoms with Crippen molar-refractivity contribution < 1.29 is 25.8 Å². The molecule has 0 unspecified atom stereocenters. The number of pyridine rings is 1. The second-order valence-electron chi connectivity index (χ2n) is 15.1. The summed E-state index contributed by atoms with van der Waals surface area (Å²) in [6, 6.07) is 35.1. The van der Waals surface area contributed by atoms with Gasteiger partial charge in [-0.2, -0.15) is 11.2 Å². The number of fused-ring (bicyclic) bond motifs is 3. The van der Waals surface area contributed by atoms with Crippen LogP contribution in [0.1, 0.15) is 82.1 Å². The summed E-state index contributed by atoms with van der Waals surface area (Å²) in [4.78, 5) is 4.83. The summed E-state index contributed by atoms with van der Waals surface area (Å²) in [5.41, 5.74) is 12.5. The van der Waals surface area contributed by atoms with Gasteiger partial charge in [0.1, 0.15) is 5.82 Å². The second-order valence-corrected chi connectivity index (χ2v) is 15.1. The number of aromatic nitrogens is 4. The molecule has 0 saturated carbocycles. The fourth-order valence-electron chi connectivity index (χ4n) is 7.40. The molecule has 52 heavy (non-hydrogen) atoms. The zero-order chi connectivity index (χ0) is 36.0. The quantitative estimate of drug-likeness (QED) is 0.136. The van der Waals surface area contributed by atoms with Gasteiger partial charge in [-0.3, -0.25) is 4.68 Å². The topological polar surface area (TPSA) is 44.9 Å². The zero-order valence-electron chi connectivity index (χ0n) is 31.8. The van der Waals surface area contributed by atoms with E-state index >= 15 is 0 Å². The third-order valence-electron chi connectivity index (χ3n) is 9.92. The van der Waals surface area contributed by atoms with Crippen molar-refractivity contribution in [1.29, 1.82) is 0 Å². The van der Waals surface area contributed by atoms with Crippen LogP contribution < -0.4 is 4.74 Å². The molecule has 7 rings (SSSR count). The molecule has 0 amide bonds. The molecule has 0 fully saturated rings. The molecule has 4 aromatic carbocycles. The van der Waals surface area contributed by atoms with E-state index in [9.17, 15) is 0 Å². The summed E-state index contributed by atoms with van der Waals surface area (Å²) < 4.78 is 10.9. The molecule has 0 radical (unpaired) electrons. The summed E-state index contributed by atoms with van der Waals surface area (Å²) in [7, 11) is 0. The second kappa shape index (κ2) is 14.9. The molecular weight excluding hydrogens is 820 g/mol. The maximum atomic E-state index is 6.70. The largest absolute Gasteiger partial charge is 2.00 e. The Morgan fingerprint density at radius 1 is 0.788 bits per heavy atom. The third kappa shape index (κ3) is 7.00. The fourth-order valence-corrected chi connectivity index (χ4v) is 7.40. The van der Waals surface area contributed by atoms with Crippen LogP contribution in [-0.4, -0.2) is 19.3 Å². The molecule has 0 bridgehead atoms. The summed E-state index contributed by atoms with van der Waals surface area (Å²) in [6.45, 7) is 19.9. The molecular formula is C46H48N4OPt. The zero-order valence-corrected chi connectivity index (χ0v) is 34.1. The number of benzene rings is 4. The molecule has 268 valence electrons. The number of para-hydroxylation sites is 1.